The molecule has 0 aromatic carbocycles. The molecule has 1 saturated carbocycles. The third-order valence-electron chi connectivity index (χ3n) is 4.40. The van der Waals surface area contributed by atoms with E-state index in [9.17, 15) is 4.79 Å². The second-order valence-electron chi connectivity index (χ2n) is 5.64. The zero-order valence-corrected chi connectivity index (χ0v) is 11.2. The van der Waals surface area contributed by atoms with Gasteiger partial charge in [-0.15, -0.1) is 0 Å². The number of primary amides is 1. The molecule has 1 aliphatic heterocycles. The van der Waals surface area contributed by atoms with Crippen LogP contribution in [-0.4, -0.2) is 48.2 Å². The Labute approximate surface area is 109 Å². The van der Waals surface area contributed by atoms with Gasteiger partial charge in [-0.3, -0.25) is 9.69 Å². The number of hydrogen-bond donors (Lipinski definition) is 2. The summed E-state index contributed by atoms with van der Waals surface area (Å²) in [7, 11) is 0. The Morgan fingerprint density at radius 2 is 2.28 bits per heavy atom. The minimum atomic E-state index is -0.797. The van der Waals surface area contributed by atoms with Gasteiger partial charge < -0.3 is 16.2 Å². The normalized spacial score (nSPS) is 36.4. The van der Waals surface area contributed by atoms with Crippen molar-refractivity contribution in [3.8, 4) is 0 Å². The number of rotatable bonds is 5. The summed E-state index contributed by atoms with van der Waals surface area (Å²) < 4.78 is 5.68. The molecule has 3 unspecified atom stereocenters. The van der Waals surface area contributed by atoms with Crippen LogP contribution >= 0.6 is 0 Å². The molecule has 18 heavy (non-hydrogen) atoms. The van der Waals surface area contributed by atoms with Crippen molar-refractivity contribution in [2.75, 3.05) is 19.7 Å². The Morgan fingerprint density at radius 1 is 1.50 bits per heavy atom. The quantitative estimate of drug-likeness (QED) is 0.736. The van der Waals surface area contributed by atoms with E-state index in [1.165, 1.54) is 0 Å². The molecule has 1 heterocycles. The number of hydrogen-bond acceptors (Lipinski definition) is 4. The van der Waals surface area contributed by atoms with Gasteiger partial charge in [0.1, 0.15) is 0 Å². The van der Waals surface area contributed by atoms with E-state index in [-0.39, 0.29) is 5.91 Å². The van der Waals surface area contributed by atoms with E-state index in [1.807, 2.05) is 0 Å². The summed E-state index contributed by atoms with van der Waals surface area (Å²) in [4.78, 5) is 13.8. The maximum Gasteiger partial charge on any atom is 0.237 e. The fourth-order valence-electron chi connectivity index (χ4n) is 3.17. The van der Waals surface area contributed by atoms with Crippen LogP contribution in [0.1, 0.15) is 39.0 Å². The zero-order chi connectivity index (χ0) is 13.2. The molecule has 0 radical (unpaired) electrons. The summed E-state index contributed by atoms with van der Waals surface area (Å²) in [5.74, 6) is -0.363. The Morgan fingerprint density at radius 3 is 2.78 bits per heavy atom. The third-order valence-corrected chi connectivity index (χ3v) is 4.40. The molecule has 5 heteroatoms. The van der Waals surface area contributed by atoms with Gasteiger partial charge in [-0.05, 0) is 38.6 Å². The van der Waals surface area contributed by atoms with Gasteiger partial charge in [-0.1, -0.05) is 6.92 Å². The van der Waals surface area contributed by atoms with Crippen LogP contribution in [0.15, 0.2) is 0 Å². The molecule has 0 spiro atoms. The highest BCUT2D eigenvalue weighted by Crippen LogP contribution is 2.31. The molecule has 1 amide bonds. The molecule has 5 nitrogen and oxygen atoms in total. The van der Waals surface area contributed by atoms with Gasteiger partial charge in [0.25, 0.3) is 0 Å². The number of nitrogens with two attached hydrogens (primary N) is 2. The van der Waals surface area contributed by atoms with Crippen molar-refractivity contribution in [3.63, 3.8) is 0 Å². The van der Waals surface area contributed by atoms with Crippen molar-refractivity contribution >= 4 is 5.91 Å². The summed E-state index contributed by atoms with van der Waals surface area (Å²) in [5, 5.41) is 0. The number of carbonyl (C=O) groups excluding carboxylic acids is 1. The monoisotopic (exact) mass is 255 g/mol. The Hall–Kier alpha value is -0.650. The van der Waals surface area contributed by atoms with E-state index in [0.717, 1.165) is 39.0 Å². The lowest BCUT2D eigenvalue weighted by atomic mass is 9.98. The number of amides is 1. The highest BCUT2D eigenvalue weighted by molar-refractivity contribution is 5.84. The second-order valence-corrected chi connectivity index (χ2v) is 5.64. The van der Waals surface area contributed by atoms with E-state index < -0.39 is 5.54 Å². The van der Waals surface area contributed by atoms with E-state index in [0.29, 0.717) is 25.0 Å². The molecule has 0 bridgehead atoms. The molecule has 104 valence electrons. The minimum absolute atomic E-state index is 0.353. The molecular formula is C13H25N3O2. The maximum atomic E-state index is 11.4. The fraction of sp³-hybridized carbons (Fsp3) is 0.923. The van der Waals surface area contributed by atoms with E-state index in [2.05, 4.69) is 11.8 Å². The first-order chi connectivity index (χ1) is 8.55. The first kappa shape index (κ1) is 13.8. The van der Waals surface area contributed by atoms with Crippen LogP contribution in [0.4, 0.5) is 0 Å². The van der Waals surface area contributed by atoms with Gasteiger partial charge in [0.2, 0.25) is 5.91 Å². The van der Waals surface area contributed by atoms with Crippen molar-refractivity contribution in [2.24, 2.45) is 11.5 Å². The largest absolute Gasteiger partial charge is 0.377 e. The average Bonchev–Trinajstić information content (AvgIpc) is 2.96. The van der Waals surface area contributed by atoms with Crippen LogP contribution in [-0.2, 0) is 9.53 Å². The standard InChI is InChI=1S/C13H25N3O2/c1-2-16(9-11-4-3-7-18-11)10-5-6-13(15,8-10)12(14)17/h10-11H,2-9,15H2,1H3,(H2,14,17). The Balaban J connectivity index is 1.91. The predicted octanol–water partition coefficient (Wildman–Crippen LogP) is 0.223. The lowest BCUT2D eigenvalue weighted by molar-refractivity contribution is -0.123. The lowest BCUT2D eigenvalue weighted by Crippen LogP contribution is -2.51. The van der Waals surface area contributed by atoms with Gasteiger partial charge in [-0.25, -0.2) is 0 Å². The molecule has 0 aromatic rings. The first-order valence-corrected chi connectivity index (χ1v) is 6.99. The Bertz CT molecular complexity index is 305. The SMILES string of the molecule is CCN(CC1CCCO1)C1CCC(N)(C(N)=O)C1. The first-order valence-electron chi connectivity index (χ1n) is 6.99. The second kappa shape index (κ2) is 5.55. The molecular weight excluding hydrogens is 230 g/mol. The smallest absolute Gasteiger partial charge is 0.237 e. The highest BCUT2D eigenvalue weighted by Gasteiger charge is 2.42. The zero-order valence-electron chi connectivity index (χ0n) is 11.2. The topological polar surface area (TPSA) is 81.6 Å². The molecule has 0 aromatic heterocycles. The number of carbonyl (C=O) groups is 1. The summed E-state index contributed by atoms with van der Waals surface area (Å²) in [6, 6.07) is 0.372. The molecule has 1 aliphatic carbocycles. The summed E-state index contributed by atoms with van der Waals surface area (Å²) in [6.07, 6.45) is 5.01. The lowest BCUT2D eigenvalue weighted by Gasteiger charge is -2.30. The average molecular weight is 255 g/mol. The van der Waals surface area contributed by atoms with Gasteiger partial charge in [-0.2, -0.15) is 0 Å². The van der Waals surface area contributed by atoms with Crippen LogP contribution in [0.2, 0.25) is 0 Å². The van der Waals surface area contributed by atoms with Gasteiger partial charge in [0.05, 0.1) is 11.6 Å². The van der Waals surface area contributed by atoms with E-state index in [4.69, 9.17) is 16.2 Å². The van der Waals surface area contributed by atoms with Crippen molar-refractivity contribution in [2.45, 2.75) is 56.7 Å². The van der Waals surface area contributed by atoms with E-state index in [1.54, 1.807) is 0 Å². The molecule has 4 N–H and O–H groups in total. The van der Waals surface area contributed by atoms with Gasteiger partial charge in [0, 0.05) is 19.2 Å². The minimum Gasteiger partial charge on any atom is -0.377 e. The Kier molecular flexibility index (Phi) is 4.25. The van der Waals surface area contributed by atoms with Gasteiger partial charge >= 0.3 is 0 Å². The number of nitrogens with zero attached hydrogens (tertiary/aromatic N) is 1. The molecule has 2 aliphatic rings. The van der Waals surface area contributed by atoms with E-state index >= 15 is 0 Å². The number of ether oxygens (including phenoxy) is 1. The van der Waals surface area contributed by atoms with Crippen LogP contribution in [0.5, 0.6) is 0 Å². The van der Waals surface area contributed by atoms with Crippen LogP contribution in [0, 0.1) is 0 Å². The third kappa shape index (κ3) is 2.84. The van der Waals surface area contributed by atoms with Gasteiger partial charge in [0.15, 0.2) is 0 Å². The maximum absolute atomic E-state index is 11.4. The van der Waals surface area contributed by atoms with Crippen molar-refractivity contribution in [3.05, 3.63) is 0 Å². The van der Waals surface area contributed by atoms with Crippen molar-refractivity contribution in [1.82, 2.24) is 4.90 Å². The van der Waals surface area contributed by atoms with Crippen LogP contribution < -0.4 is 11.5 Å². The molecule has 2 rings (SSSR count). The number of likely N-dealkylation sites (N-methyl/N-ethyl adjacent to an activating group) is 1. The summed E-state index contributed by atoms with van der Waals surface area (Å²) in [5.41, 5.74) is 10.7. The molecule has 2 fully saturated rings. The predicted molar refractivity (Wildman–Crippen MR) is 70.0 cm³/mol. The fourth-order valence-corrected chi connectivity index (χ4v) is 3.17. The highest BCUT2D eigenvalue weighted by atomic mass is 16.5. The summed E-state index contributed by atoms with van der Waals surface area (Å²) in [6.45, 7) is 4.96. The molecule has 3 atom stereocenters. The molecule has 1 saturated heterocycles. The van der Waals surface area contributed by atoms with Crippen molar-refractivity contribution < 1.29 is 9.53 Å². The van der Waals surface area contributed by atoms with Crippen LogP contribution in [0.3, 0.4) is 0 Å². The summed E-state index contributed by atoms with van der Waals surface area (Å²) >= 11 is 0. The van der Waals surface area contributed by atoms with Crippen LogP contribution in [0.25, 0.3) is 0 Å². The van der Waals surface area contributed by atoms with Crippen molar-refractivity contribution in [1.29, 1.82) is 0 Å².